The number of nitrogens with zero attached hydrogens (tertiary/aromatic N) is 3. The number of halogens is 1. The van der Waals surface area contributed by atoms with E-state index >= 15 is 0 Å². The number of aromatic nitrogens is 1. The molecule has 0 unspecified atom stereocenters. The molecule has 1 aromatic heterocycles. The number of hydrogen-bond acceptors (Lipinski definition) is 7. The average Bonchev–Trinajstić information content (AvgIpc) is 3.35. The third-order valence-electron chi connectivity index (χ3n) is 6.07. The molecular formula is C26H29ClN4O4S. The van der Waals surface area contributed by atoms with Gasteiger partial charge in [-0.25, -0.2) is 4.98 Å². The van der Waals surface area contributed by atoms with E-state index in [0.717, 1.165) is 22.8 Å². The molecule has 3 N–H and O–H groups in total. The van der Waals surface area contributed by atoms with E-state index in [-0.39, 0.29) is 6.54 Å². The summed E-state index contributed by atoms with van der Waals surface area (Å²) < 4.78 is 0. The van der Waals surface area contributed by atoms with Crippen molar-refractivity contribution in [2.24, 2.45) is 0 Å². The van der Waals surface area contributed by atoms with E-state index in [9.17, 15) is 19.8 Å². The van der Waals surface area contributed by atoms with E-state index in [0.29, 0.717) is 37.6 Å². The average molecular weight is 529 g/mol. The number of carbonyl (C=O) groups is 2. The molecule has 4 rings (SSSR count). The van der Waals surface area contributed by atoms with E-state index in [1.165, 1.54) is 21.8 Å². The zero-order chi connectivity index (χ0) is 25.5. The van der Waals surface area contributed by atoms with Crippen molar-refractivity contribution in [2.45, 2.75) is 25.0 Å². The molecule has 2 heterocycles. The molecule has 2 amide bonds. The van der Waals surface area contributed by atoms with Crippen molar-refractivity contribution in [1.82, 2.24) is 15.2 Å². The summed E-state index contributed by atoms with van der Waals surface area (Å²) in [5.41, 5.74) is 3.02. The molecule has 1 aliphatic rings. The Morgan fingerprint density at radius 2 is 1.69 bits per heavy atom. The minimum atomic E-state index is -1.84. The summed E-state index contributed by atoms with van der Waals surface area (Å²) in [6.45, 7) is 2.01. The van der Waals surface area contributed by atoms with Crippen LogP contribution in [0.5, 0.6) is 0 Å². The van der Waals surface area contributed by atoms with Gasteiger partial charge in [-0.3, -0.25) is 9.59 Å². The number of carbonyl (C=O) groups excluding carboxylic acids is 2. The van der Waals surface area contributed by atoms with Crippen molar-refractivity contribution in [1.29, 1.82) is 0 Å². The quantitative estimate of drug-likeness (QED) is 0.393. The lowest BCUT2D eigenvalue weighted by Gasteiger charge is -2.37. The van der Waals surface area contributed by atoms with Gasteiger partial charge in [0, 0.05) is 50.9 Å². The fourth-order valence-electron chi connectivity index (χ4n) is 4.09. The van der Waals surface area contributed by atoms with E-state index in [1.807, 2.05) is 60.0 Å². The molecule has 3 aromatic rings. The monoisotopic (exact) mass is 528 g/mol. The van der Waals surface area contributed by atoms with Gasteiger partial charge in [-0.05, 0) is 17.7 Å². The van der Waals surface area contributed by atoms with Crippen LogP contribution in [0, 0.1) is 0 Å². The first-order valence-corrected chi connectivity index (χ1v) is 13.1. The molecular weight excluding hydrogens is 500 g/mol. The molecule has 1 saturated heterocycles. The van der Waals surface area contributed by atoms with Gasteiger partial charge in [0.05, 0.1) is 21.4 Å². The topological polar surface area (TPSA) is 106 Å². The van der Waals surface area contributed by atoms with Gasteiger partial charge in [-0.1, -0.05) is 54.1 Å². The molecule has 0 radical (unpaired) electrons. The first-order chi connectivity index (χ1) is 17.4. The summed E-state index contributed by atoms with van der Waals surface area (Å²) in [6, 6.07) is 17.5. The van der Waals surface area contributed by atoms with Crippen molar-refractivity contribution in [3.8, 4) is 0 Å². The lowest BCUT2D eigenvalue weighted by Crippen LogP contribution is -2.55. The number of hydrogen-bond donors (Lipinski definition) is 3. The molecule has 2 aromatic carbocycles. The first-order valence-electron chi connectivity index (χ1n) is 11.8. The third kappa shape index (κ3) is 6.61. The third-order valence-corrected chi connectivity index (χ3v) is 7.35. The Kier molecular flexibility index (Phi) is 8.93. The fourth-order valence-corrected chi connectivity index (χ4v) is 5.14. The van der Waals surface area contributed by atoms with Gasteiger partial charge in [0.1, 0.15) is 0 Å². The van der Waals surface area contributed by atoms with Gasteiger partial charge in [0.2, 0.25) is 0 Å². The summed E-state index contributed by atoms with van der Waals surface area (Å²) in [7, 11) is 0. The molecule has 1 aliphatic heterocycles. The number of nitrogens with one attached hydrogen (secondary N) is 1. The van der Waals surface area contributed by atoms with E-state index in [1.54, 1.807) is 0 Å². The van der Waals surface area contributed by atoms with Gasteiger partial charge in [0.25, 0.3) is 11.8 Å². The second kappa shape index (κ2) is 12.3. The van der Waals surface area contributed by atoms with Gasteiger partial charge in [-0.15, -0.1) is 11.3 Å². The highest BCUT2D eigenvalue weighted by molar-refractivity contribution is 7.09. The minimum absolute atomic E-state index is 0.242. The largest absolute Gasteiger partial charge is 0.380 e. The van der Waals surface area contributed by atoms with Crippen LogP contribution in [-0.4, -0.2) is 76.8 Å². The van der Waals surface area contributed by atoms with Gasteiger partial charge >= 0.3 is 0 Å². The number of amides is 2. The minimum Gasteiger partial charge on any atom is -0.380 e. The van der Waals surface area contributed by atoms with Gasteiger partial charge in [0.15, 0.2) is 12.2 Å². The van der Waals surface area contributed by atoms with Crippen molar-refractivity contribution >= 4 is 40.4 Å². The number of aliphatic hydroxyl groups is 2. The molecule has 1 fully saturated rings. The van der Waals surface area contributed by atoms with Crippen LogP contribution in [0.1, 0.15) is 16.3 Å². The Labute approximate surface area is 219 Å². The van der Waals surface area contributed by atoms with Crippen LogP contribution in [0.25, 0.3) is 0 Å². The number of thiazole rings is 1. The summed E-state index contributed by atoms with van der Waals surface area (Å²) in [5.74, 6) is -1.45. The molecule has 0 bridgehead atoms. The Morgan fingerprint density at radius 3 is 2.42 bits per heavy atom. The highest BCUT2D eigenvalue weighted by atomic mass is 35.5. The van der Waals surface area contributed by atoms with Gasteiger partial charge < -0.3 is 25.3 Å². The van der Waals surface area contributed by atoms with Crippen molar-refractivity contribution in [2.75, 3.05) is 37.6 Å². The summed E-state index contributed by atoms with van der Waals surface area (Å²) in [6.07, 6.45) is -2.44. The second-order valence-corrected chi connectivity index (χ2v) is 9.94. The Balaban J connectivity index is 1.20. The van der Waals surface area contributed by atoms with Crippen LogP contribution in [0.3, 0.4) is 0 Å². The lowest BCUT2D eigenvalue weighted by molar-refractivity contribution is -0.153. The zero-order valence-electron chi connectivity index (χ0n) is 19.7. The first kappa shape index (κ1) is 26.1. The zero-order valence-corrected chi connectivity index (χ0v) is 21.3. The van der Waals surface area contributed by atoms with E-state index in [4.69, 9.17) is 11.6 Å². The number of rotatable bonds is 9. The fraction of sp³-hybridized carbons (Fsp3) is 0.346. The SMILES string of the molecule is O=C(NCCc1nc(Cc2ccccc2)cs1)[C@H](O)[C@@H](O)C(=O)N1CCN(c2ccccc2Cl)CC1. The normalized spacial score (nSPS) is 15.4. The maximum atomic E-state index is 12.7. The van der Waals surface area contributed by atoms with Crippen molar-refractivity contribution in [3.05, 3.63) is 81.3 Å². The maximum absolute atomic E-state index is 12.7. The van der Waals surface area contributed by atoms with Crippen LogP contribution in [-0.2, 0) is 22.4 Å². The molecule has 36 heavy (non-hydrogen) atoms. The number of piperazine rings is 1. The summed E-state index contributed by atoms with van der Waals surface area (Å²) in [5, 5.41) is 26.7. The van der Waals surface area contributed by atoms with Crippen molar-refractivity contribution < 1.29 is 19.8 Å². The molecule has 0 aliphatic carbocycles. The molecule has 0 saturated carbocycles. The maximum Gasteiger partial charge on any atom is 0.254 e. The standard InChI is InChI=1S/C26H29ClN4O4S/c27-20-8-4-5-9-21(20)30-12-14-31(15-13-30)26(35)24(33)23(32)25(34)28-11-10-22-29-19(17-36-22)16-18-6-2-1-3-7-18/h1-9,17,23-24,32-33H,10-16H2,(H,28,34)/t23-,24-/m1/s1. The summed E-state index contributed by atoms with van der Waals surface area (Å²) in [4.78, 5) is 33.1. The van der Waals surface area contributed by atoms with Crippen LogP contribution < -0.4 is 10.2 Å². The molecule has 2 atom stereocenters. The highest BCUT2D eigenvalue weighted by Gasteiger charge is 2.34. The smallest absolute Gasteiger partial charge is 0.254 e. The lowest BCUT2D eigenvalue weighted by atomic mass is 10.1. The molecule has 190 valence electrons. The number of anilines is 1. The van der Waals surface area contributed by atoms with Crippen LogP contribution >= 0.6 is 22.9 Å². The Morgan fingerprint density at radius 1 is 1.00 bits per heavy atom. The number of para-hydroxylation sites is 1. The number of aliphatic hydroxyl groups excluding tert-OH is 2. The van der Waals surface area contributed by atoms with Crippen molar-refractivity contribution in [3.63, 3.8) is 0 Å². The Bertz CT molecular complexity index is 1170. The van der Waals surface area contributed by atoms with Crippen LogP contribution in [0.4, 0.5) is 5.69 Å². The predicted molar refractivity (Wildman–Crippen MR) is 140 cm³/mol. The Hall–Kier alpha value is -2.98. The molecule has 0 spiro atoms. The number of benzene rings is 2. The highest BCUT2D eigenvalue weighted by Crippen LogP contribution is 2.26. The van der Waals surface area contributed by atoms with Crippen LogP contribution in [0.15, 0.2) is 60.0 Å². The van der Waals surface area contributed by atoms with Gasteiger partial charge in [-0.2, -0.15) is 0 Å². The van der Waals surface area contributed by atoms with E-state index in [2.05, 4.69) is 15.2 Å². The summed E-state index contributed by atoms with van der Waals surface area (Å²) >= 11 is 7.77. The predicted octanol–water partition coefficient (Wildman–Crippen LogP) is 2.12. The van der Waals surface area contributed by atoms with Crippen LogP contribution in [0.2, 0.25) is 5.02 Å². The second-order valence-electron chi connectivity index (χ2n) is 8.59. The molecule has 8 nitrogen and oxygen atoms in total. The van der Waals surface area contributed by atoms with E-state index < -0.39 is 24.0 Å². The molecule has 10 heteroatoms.